The zero-order valence-corrected chi connectivity index (χ0v) is 16.6. The number of likely N-dealkylation sites (tertiary alicyclic amines) is 2. The lowest BCUT2D eigenvalue weighted by Gasteiger charge is -2.38. The third-order valence-electron chi connectivity index (χ3n) is 5.62. The van der Waals surface area contributed by atoms with E-state index in [1.165, 1.54) is 32.4 Å². The van der Waals surface area contributed by atoms with Crippen LogP contribution in [0.4, 0.5) is 0 Å². The molecule has 3 heterocycles. The molecule has 2 aliphatic rings. The molecule has 0 aromatic carbocycles. The van der Waals surface area contributed by atoms with Crippen molar-refractivity contribution in [3.05, 3.63) is 22.4 Å². The summed E-state index contributed by atoms with van der Waals surface area (Å²) in [6.07, 6.45) is 7.05. The predicted octanol–water partition coefficient (Wildman–Crippen LogP) is 3.85. The van der Waals surface area contributed by atoms with E-state index in [-0.39, 0.29) is 5.91 Å². The highest BCUT2D eigenvalue weighted by atomic mass is 79.9. The zero-order chi connectivity index (χ0) is 17.1. The van der Waals surface area contributed by atoms with Crippen LogP contribution < -0.4 is 0 Å². The Morgan fingerprint density at radius 2 is 2.00 bits per heavy atom. The van der Waals surface area contributed by atoms with Gasteiger partial charge >= 0.3 is 0 Å². The molecule has 4 nitrogen and oxygen atoms in total. The lowest BCUT2D eigenvalue weighted by atomic mass is 9.94. The fourth-order valence-corrected chi connectivity index (χ4v) is 4.55. The first-order valence-corrected chi connectivity index (χ1v) is 10.2. The third-order valence-corrected chi connectivity index (χ3v) is 6.06. The summed E-state index contributed by atoms with van der Waals surface area (Å²) in [5.74, 6) is 1.70. The van der Waals surface area contributed by atoms with Crippen LogP contribution in [0, 0.1) is 11.8 Å². The summed E-state index contributed by atoms with van der Waals surface area (Å²) in [4.78, 5) is 17.6. The van der Waals surface area contributed by atoms with Crippen molar-refractivity contribution in [1.29, 1.82) is 0 Å². The van der Waals surface area contributed by atoms with Gasteiger partial charge in [-0.25, -0.2) is 0 Å². The van der Waals surface area contributed by atoms with E-state index in [1.54, 1.807) is 0 Å². The average Bonchev–Trinajstić information content (AvgIpc) is 2.97. The normalized spacial score (nSPS) is 23.6. The molecule has 3 rings (SSSR count). The second kappa shape index (κ2) is 8.05. The Balaban J connectivity index is 1.59. The van der Waals surface area contributed by atoms with Crippen LogP contribution in [0.25, 0.3) is 0 Å². The van der Waals surface area contributed by atoms with Gasteiger partial charge in [0.25, 0.3) is 5.91 Å². The van der Waals surface area contributed by atoms with Gasteiger partial charge in [-0.15, -0.1) is 0 Å². The molecule has 0 bridgehead atoms. The highest BCUT2D eigenvalue weighted by Gasteiger charge is 2.28. The van der Waals surface area contributed by atoms with Crippen molar-refractivity contribution in [3.63, 3.8) is 0 Å². The van der Waals surface area contributed by atoms with Crippen molar-refractivity contribution >= 4 is 21.8 Å². The van der Waals surface area contributed by atoms with E-state index in [2.05, 4.69) is 39.6 Å². The monoisotopic (exact) mass is 395 g/mol. The van der Waals surface area contributed by atoms with Crippen LogP contribution in [0.3, 0.4) is 0 Å². The minimum atomic E-state index is 0.194. The number of nitrogens with zero attached hydrogens (tertiary/aromatic N) is 3. The van der Waals surface area contributed by atoms with Crippen LogP contribution in [0.5, 0.6) is 0 Å². The maximum atomic E-state index is 12.9. The van der Waals surface area contributed by atoms with E-state index < -0.39 is 0 Å². The zero-order valence-electron chi connectivity index (χ0n) is 15.0. The molecule has 0 spiro atoms. The van der Waals surface area contributed by atoms with Gasteiger partial charge in [0, 0.05) is 36.8 Å². The van der Waals surface area contributed by atoms with Crippen LogP contribution in [0.1, 0.15) is 50.0 Å². The van der Waals surface area contributed by atoms with E-state index in [9.17, 15) is 4.79 Å². The SMILES string of the molecule is CCn1cc(Br)cc1C(=O)N1CCCC(CN2CCC(C)CC2)C1. The Morgan fingerprint density at radius 1 is 1.25 bits per heavy atom. The number of rotatable bonds is 4. The molecule has 0 aliphatic carbocycles. The van der Waals surface area contributed by atoms with Crippen molar-refractivity contribution in [3.8, 4) is 0 Å². The van der Waals surface area contributed by atoms with Gasteiger partial charge in [0.15, 0.2) is 0 Å². The van der Waals surface area contributed by atoms with Crippen molar-refractivity contribution in [2.24, 2.45) is 11.8 Å². The number of carbonyl (C=O) groups excluding carboxylic acids is 1. The fraction of sp³-hybridized carbons (Fsp3) is 0.737. The van der Waals surface area contributed by atoms with Crippen LogP contribution >= 0.6 is 15.9 Å². The number of halogens is 1. The Kier molecular flexibility index (Phi) is 6.03. The molecule has 1 aromatic heterocycles. The van der Waals surface area contributed by atoms with Gasteiger partial charge in [-0.3, -0.25) is 4.79 Å². The highest BCUT2D eigenvalue weighted by molar-refractivity contribution is 9.10. The largest absolute Gasteiger partial charge is 0.343 e. The molecule has 0 saturated carbocycles. The summed E-state index contributed by atoms with van der Waals surface area (Å²) in [5, 5.41) is 0. The Hall–Kier alpha value is -0.810. The van der Waals surface area contributed by atoms with E-state index in [4.69, 9.17) is 0 Å². The number of amides is 1. The summed E-state index contributed by atoms with van der Waals surface area (Å²) in [6, 6.07) is 1.96. The molecule has 134 valence electrons. The first-order valence-electron chi connectivity index (χ1n) is 9.44. The minimum absolute atomic E-state index is 0.194. The van der Waals surface area contributed by atoms with Gasteiger partial charge in [0.1, 0.15) is 5.69 Å². The molecule has 24 heavy (non-hydrogen) atoms. The molecule has 1 aromatic rings. The summed E-state index contributed by atoms with van der Waals surface area (Å²) in [6.45, 7) is 10.7. The Morgan fingerprint density at radius 3 is 2.71 bits per heavy atom. The van der Waals surface area contributed by atoms with E-state index in [1.807, 2.05) is 16.8 Å². The summed E-state index contributed by atoms with van der Waals surface area (Å²) in [5.41, 5.74) is 0.817. The van der Waals surface area contributed by atoms with Crippen molar-refractivity contribution in [2.45, 2.75) is 46.1 Å². The molecule has 1 amide bonds. The maximum absolute atomic E-state index is 12.9. The van der Waals surface area contributed by atoms with Gasteiger partial charge in [0.05, 0.1) is 0 Å². The van der Waals surface area contributed by atoms with Crippen LogP contribution in [-0.2, 0) is 6.54 Å². The quantitative estimate of drug-likeness (QED) is 0.774. The van der Waals surface area contributed by atoms with Crippen LogP contribution in [-0.4, -0.2) is 53.0 Å². The Labute approximate surface area is 154 Å². The summed E-state index contributed by atoms with van der Waals surface area (Å²) in [7, 11) is 0. The molecular weight excluding hydrogens is 366 g/mol. The molecule has 5 heteroatoms. The number of aromatic nitrogens is 1. The second-order valence-electron chi connectivity index (χ2n) is 7.57. The lowest BCUT2D eigenvalue weighted by molar-refractivity contribution is 0.0612. The molecular formula is C19H30BrN3O. The molecule has 1 unspecified atom stereocenters. The first kappa shape index (κ1) is 18.0. The van der Waals surface area contributed by atoms with Crippen molar-refractivity contribution in [2.75, 3.05) is 32.7 Å². The van der Waals surface area contributed by atoms with E-state index in [0.29, 0.717) is 5.92 Å². The maximum Gasteiger partial charge on any atom is 0.270 e. The second-order valence-corrected chi connectivity index (χ2v) is 8.49. The van der Waals surface area contributed by atoms with Gasteiger partial charge in [0.2, 0.25) is 0 Å². The fourth-order valence-electron chi connectivity index (χ4n) is 4.09. The Bertz CT molecular complexity index is 563. The standard InChI is InChI=1S/C19H30BrN3O/c1-3-22-14-17(20)11-18(22)19(24)23-8-4-5-16(13-23)12-21-9-6-15(2)7-10-21/h11,14-16H,3-10,12-13H2,1-2H3. The van der Waals surface area contributed by atoms with E-state index >= 15 is 0 Å². The third kappa shape index (κ3) is 4.23. The number of piperidine rings is 2. The highest BCUT2D eigenvalue weighted by Crippen LogP contribution is 2.24. The van der Waals surface area contributed by atoms with Gasteiger partial charge in [-0.2, -0.15) is 0 Å². The smallest absolute Gasteiger partial charge is 0.270 e. The molecule has 0 radical (unpaired) electrons. The van der Waals surface area contributed by atoms with E-state index in [0.717, 1.165) is 48.7 Å². The molecule has 2 aliphatic heterocycles. The number of hydrogen-bond donors (Lipinski definition) is 0. The molecule has 1 atom stereocenters. The van der Waals surface area contributed by atoms with Gasteiger partial charge in [-0.1, -0.05) is 6.92 Å². The minimum Gasteiger partial charge on any atom is -0.343 e. The summed E-state index contributed by atoms with van der Waals surface area (Å²) >= 11 is 3.50. The molecule has 2 saturated heterocycles. The molecule has 0 N–H and O–H groups in total. The number of aryl methyl sites for hydroxylation is 1. The topological polar surface area (TPSA) is 28.5 Å². The summed E-state index contributed by atoms with van der Waals surface area (Å²) < 4.78 is 3.03. The van der Waals surface area contributed by atoms with Crippen LogP contribution in [0.2, 0.25) is 0 Å². The van der Waals surface area contributed by atoms with Crippen LogP contribution in [0.15, 0.2) is 16.7 Å². The average molecular weight is 396 g/mol. The van der Waals surface area contributed by atoms with Crippen molar-refractivity contribution in [1.82, 2.24) is 14.4 Å². The van der Waals surface area contributed by atoms with Gasteiger partial charge < -0.3 is 14.4 Å². The number of carbonyl (C=O) groups is 1. The predicted molar refractivity (Wildman–Crippen MR) is 101 cm³/mol. The number of hydrogen-bond acceptors (Lipinski definition) is 2. The first-order chi connectivity index (χ1) is 11.6. The molecule has 2 fully saturated rings. The van der Waals surface area contributed by atoms with Crippen molar-refractivity contribution < 1.29 is 4.79 Å². The lowest BCUT2D eigenvalue weighted by Crippen LogP contribution is -2.45. The van der Waals surface area contributed by atoms with Gasteiger partial charge in [-0.05, 0) is 79.5 Å².